The van der Waals surface area contributed by atoms with E-state index in [0.29, 0.717) is 29.8 Å². The van der Waals surface area contributed by atoms with Gasteiger partial charge in [-0.2, -0.15) is 4.98 Å². The molecule has 0 bridgehead atoms. The van der Waals surface area contributed by atoms with Crippen molar-refractivity contribution in [2.24, 2.45) is 0 Å². The van der Waals surface area contributed by atoms with Crippen LogP contribution in [0, 0.1) is 0 Å². The fraction of sp³-hybridized carbons (Fsp3) is 0.250. The summed E-state index contributed by atoms with van der Waals surface area (Å²) in [4.78, 5) is 38.9. The maximum atomic E-state index is 12.5. The molecule has 1 saturated heterocycles. The highest BCUT2D eigenvalue weighted by Gasteiger charge is 2.34. The van der Waals surface area contributed by atoms with Gasteiger partial charge in [0.25, 0.3) is 5.91 Å². The number of hydrogen-bond acceptors (Lipinski definition) is 7. The number of halogens is 1. The van der Waals surface area contributed by atoms with Gasteiger partial charge < -0.3 is 15.7 Å². The highest BCUT2D eigenvalue weighted by molar-refractivity contribution is 7.15. The lowest BCUT2D eigenvalue weighted by atomic mass is 10.2. The Bertz CT molecular complexity index is 1110. The normalized spacial score (nSPS) is 16.9. The first-order valence-electron chi connectivity index (χ1n) is 9.53. The smallest absolute Gasteiger partial charge is 0.405 e. The van der Waals surface area contributed by atoms with Gasteiger partial charge in [0.15, 0.2) is 0 Å². The van der Waals surface area contributed by atoms with Crippen LogP contribution in [-0.2, 0) is 4.79 Å². The number of rotatable bonds is 6. The van der Waals surface area contributed by atoms with Crippen molar-refractivity contribution >= 4 is 46.7 Å². The molecule has 4 rings (SSSR count). The maximum absolute atomic E-state index is 12.5. The van der Waals surface area contributed by atoms with E-state index in [-0.39, 0.29) is 11.9 Å². The minimum atomic E-state index is -1.22. The predicted octanol–water partition coefficient (Wildman–Crippen LogP) is 3.80. The lowest BCUT2D eigenvalue weighted by Gasteiger charge is -2.17. The Morgan fingerprint density at radius 1 is 1.29 bits per heavy atom. The number of anilines is 2. The average Bonchev–Trinajstić information content (AvgIpc) is 3.36. The molecule has 2 amide bonds. The molecule has 0 saturated carbocycles. The highest BCUT2D eigenvalue weighted by atomic mass is 35.5. The number of amides is 2. The quantitative estimate of drug-likeness (QED) is 0.513. The number of carbonyl (C=O) groups is 2. The Balaban J connectivity index is 1.45. The Morgan fingerprint density at radius 3 is 2.81 bits per heavy atom. The molecule has 0 spiro atoms. The van der Waals surface area contributed by atoms with Gasteiger partial charge in [0, 0.05) is 34.4 Å². The number of nitrogens with one attached hydrogen (secondary N) is 2. The van der Waals surface area contributed by atoms with E-state index in [0.717, 1.165) is 15.4 Å². The number of carbonyl (C=O) groups excluding carboxylic acids is 1. The van der Waals surface area contributed by atoms with E-state index in [1.54, 1.807) is 23.6 Å². The number of thiazole rings is 1. The fourth-order valence-corrected chi connectivity index (χ4v) is 4.29. The van der Waals surface area contributed by atoms with Crippen molar-refractivity contribution in [1.82, 2.24) is 20.3 Å². The minimum absolute atomic E-state index is 0.107. The predicted molar refractivity (Wildman–Crippen MR) is 119 cm³/mol. The lowest BCUT2D eigenvalue weighted by molar-refractivity contribution is -0.118. The first kappa shape index (κ1) is 21.0. The first-order chi connectivity index (χ1) is 14.9. The molecule has 0 aliphatic carbocycles. The van der Waals surface area contributed by atoms with Crippen LogP contribution in [0.25, 0.3) is 10.6 Å². The molecule has 3 aromatic rings. The SMILES string of the molecule is C[C@H](Nc1nccc(N2CC[C@H](NC(=O)O)C2=O)n1)c1cnc(-c2ccc(Cl)cc2)s1. The maximum Gasteiger partial charge on any atom is 0.405 e. The molecular formula is C20H19ClN6O3S. The van der Waals surface area contributed by atoms with Gasteiger partial charge in [-0.1, -0.05) is 23.7 Å². The van der Waals surface area contributed by atoms with Crippen molar-refractivity contribution in [3.8, 4) is 10.6 Å². The second kappa shape index (κ2) is 8.86. The summed E-state index contributed by atoms with van der Waals surface area (Å²) in [5, 5.41) is 15.9. The van der Waals surface area contributed by atoms with Crippen molar-refractivity contribution in [3.05, 3.63) is 52.6 Å². The average molecular weight is 459 g/mol. The van der Waals surface area contributed by atoms with E-state index in [2.05, 4.69) is 25.6 Å². The zero-order valence-corrected chi connectivity index (χ0v) is 18.0. The van der Waals surface area contributed by atoms with E-state index in [1.807, 2.05) is 37.4 Å². The van der Waals surface area contributed by atoms with Crippen molar-refractivity contribution in [2.75, 3.05) is 16.8 Å². The summed E-state index contributed by atoms with van der Waals surface area (Å²) in [6.07, 6.45) is 2.54. The van der Waals surface area contributed by atoms with Gasteiger partial charge in [0.1, 0.15) is 16.9 Å². The zero-order valence-electron chi connectivity index (χ0n) is 16.4. The molecule has 2 atom stereocenters. The molecule has 11 heteroatoms. The van der Waals surface area contributed by atoms with Crippen LogP contribution in [0.3, 0.4) is 0 Å². The van der Waals surface area contributed by atoms with E-state index in [9.17, 15) is 9.59 Å². The first-order valence-corrected chi connectivity index (χ1v) is 10.7. The molecule has 2 aromatic heterocycles. The summed E-state index contributed by atoms with van der Waals surface area (Å²) >= 11 is 7.50. The Kier molecular flexibility index (Phi) is 6.01. The zero-order chi connectivity index (χ0) is 22.0. The Morgan fingerprint density at radius 2 is 2.06 bits per heavy atom. The van der Waals surface area contributed by atoms with Crippen LogP contribution >= 0.6 is 22.9 Å². The van der Waals surface area contributed by atoms with Crippen molar-refractivity contribution in [1.29, 1.82) is 0 Å². The number of nitrogens with zero attached hydrogens (tertiary/aromatic N) is 4. The Hall–Kier alpha value is -3.24. The van der Waals surface area contributed by atoms with Gasteiger partial charge in [-0.15, -0.1) is 11.3 Å². The third-order valence-corrected chi connectivity index (χ3v) is 6.29. The Labute approximate surface area is 187 Å². The molecule has 31 heavy (non-hydrogen) atoms. The minimum Gasteiger partial charge on any atom is -0.465 e. The van der Waals surface area contributed by atoms with Gasteiger partial charge >= 0.3 is 6.09 Å². The molecule has 0 radical (unpaired) electrons. The number of carboxylic acid groups (broad SMARTS) is 1. The third-order valence-electron chi connectivity index (χ3n) is 4.81. The summed E-state index contributed by atoms with van der Waals surface area (Å²) < 4.78 is 0. The largest absolute Gasteiger partial charge is 0.465 e. The molecule has 3 heterocycles. The topological polar surface area (TPSA) is 120 Å². The molecule has 1 aliphatic heterocycles. The van der Waals surface area contributed by atoms with Gasteiger partial charge in [-0.3, -0.25) is 9.69 Å². The monoisotopic (exact) mass is 458 g/mol. The van der Waals surface area contributed by atoms with Crippen LogP contribution in [0.15, 0.2) is 42.7 Å². The lowest BCUT2D eigenvalue weighted by Crippen LogP contribution is -2.41. The second-order valence-corrected chi connectivity index (χ2v) is 8.46. The molecular weight excluding hydrogens is 440 g/mol. The van der Waals surface area contributed by atoms with Gasteiger partial charge in [-0.25, -0.2) is 14.8 Å². The second-order valence-electron chi connectivity index (χ2n) is 6.96. The van der Waals surface area contributed by atoms with Gasteiger partial charge in [0.05, 0.1) is 6.04 Å². The fourth-order valence-electron chi connectivity index (χ4n) is 3.24. The molecule has 3 N–H and O–H groups in total. The molecule has 9 nitrogen and oxygen atoms in total. The molecule has 1 aliphatic rings. The van der Waals surface area contributed by atoms with E-state index in [4.69, 9.17) is 16.7 Å². The van der Waals surface area contributed by atoms with Crippen LogP contribution in [-0.4, -0.2) is 44.6 Å². The number of benzene rings is 1. The van der Waals surface area contributed by atoms with Crippen molar-refractivity contribution in [3.63, 3.8) is 0 Å². The molecule has 160 valence electrons. The summed E-state index contributed by atoms with van der Waals surface area (Å²) in [5.74, 6) is 0.472. The van der Waals surface area contributed by atoms with Crippen LogP contribution in [0.2, 0.25) is 5.02 Å². The van der Waals surface area contributed by atoms with E-state index >= 15 is 0 Å². The summed E-state index contributed by atoms with van der Waals surface area (Å²) in [6, 6.07) is 8.27. The molecule has 1 fully saturated rings. The van der Waals surface area contributed by atoms with E-state index < -0.39 is 12.1 Å². The standard InChI is InChI=1S/C20H19ClN6O3S/c1-11(15-10-23-17(31-15)12-2-4-13(21)5-3-12)24-19-22-8-6-16(26-19)27-9-7-14(18(27)28)25-20(29)30/h2-6,8,10-11,14,25H,7,9H2,1H3,(H,29,30)(H,22,24,26)/t11-,14-/m0/s1. The van der Waals surface area contributed by atoms with Crippen molar-refractivity contribution < 1.29 is 14.7 Å². The summed E-state index contributed by atoms with van der Waals surface area (Å²) in [5.41, 5.74) is 0.989. The van der Waals surface area contributed by atoms with Crippen molar-refractivity contribution in [2.45, 2.75) is 25.4 Å². The van der Waals surface area contributed by atoms with E-state index in [1.165, 1.54) is 4.90 Å². The van der Waals surface area contributed by atoms with Crippen LogP contribution < -0.4 is 15.5 Å². The number of aromatic nitrogens is 3. The molecule has 1 aromatic carbocycles. The summed E-state index contributed by atoms with van der Waals surface area (Å²) in [6.45, 7) is 2.36. The third kappa shape index (κ3) is 4.75. The molecule has 0 unspecified atom stereocenters. The van der Waals surface area contributed by atoms with Crippen LogP contribution in [0.5, 0.6) is 0 Å². The van der Waals surface area contributed by atoms with Gasteiger partial charge in [-0.05, 0) is 31.5 Å². The van der Waals surface area contributed by atoms with Crippen LogP contribution in [0.1, 0.15) is 24.3 Å². The highest BCUT2D eigenvalue weighted by Crippen LogP contribution is 2.31. The summed E-state index contributed by atoms with van der Waals surface area (Å²) in [7, 11) is 0. The van der Waals surface area contributed by atoms with Gasteiger partial charge in [0.2, 0.25) is 5.95 Å². The van der Waals surface area contributed by atoms with Crippen LogP contribution in [0.4, 0.5) is 16.6 Å². The number of hydrogen-bond donors (Lipinski definition) is 3.